The maximum atomic E-state index is 14.3. The minimum Gasteiger partial charge on any atom is -0.365 e. The second kappa shape index (κ2) is 6.72. The van der Waals surface area contributed by atoms with Gasteiger partial charge in [-0.05, 0) is 44.0 Å². The smallest absolute Gasteiger partial charge is 0.238 e. The number of sulfonamides is 1. The Labute approximate surface area is 125 Å². The number of benzene rings is 1. The number of likely N-dealkylation sites (N-methyl/N-ethyl adjacent to an activating group) is 1. The van der Waals surface area contributed by atoms with Crippen molar-refractivity contribution >= 4 is 15.7 Å². The SMILES string of the molecule is CCNCC1CCCCN1c1ccc(S(N)(=O)=O)cc1F. The molecule has 0 aliphatic carbocycles. The van der Waals surface area contributed by atoms with Gasteiger partial charge in [-0.1, -0.05) is 6.92 Å². The van der Waals surface area contributed by atoms with E-state index >= 15 is 0 Å². The third kappa shape index (κ3) is 3.93. The summed E-state index contributed by atoms with van der Waals surface area (Å²) in [5.74, 6) is -0.537. The molecule has 0 aromatic heterocycles. The molecule has 118 valence electrons. The first-order valence-electron chi connectivity index (χ1n) is 7.23. The number of primary sulfonamides is 1. The molecule has 1 unspecified atom stereocenters. The van der Waals surface area contributed by atoms with Gasteiger partial charge in [0.05, 0.1) is 10.6 Å². The van der Waals surface area contributed by atoms with Gasteiger partial charge in [-0.2, -0.15) is 0 Å². The standard InChI is InChI=1S/C14H22FN3O2S/c1-2-17-10-11-5-3-4-8-18(11)14-7-6-12(9-13(14)15)21(16,19)20/h6-7,9,11,17H,2-5,8,10H2,1H3,(H2,16,19,20). The molecule has 21 heavy (non-hydrogen) atoms. The summed E-state index contributed by atoms with van der Waals surface area (Å²) in [6.45, 7) is 4.49. The molecule has 0 spiro atoms. The van der Waals surface area contributed by atoms with Crippen LogP contribution in [0.1, 0.15) is 26.2 Å². The van der Waals surface area contributed by atoms with Crippen molar-refractivity contribution in [3.63, 3.8) is 0 Å². The highest BCUT2D eigenvalue weighted by Crippen LogP contribution is 2.28. The van der Waals surface area contributed by atoms with Crippen LogP contribution in [-0.2, 0) is 10.0 Å². The van der Waals surface area contributed by atoms with Gasteiger partial charge in [0.2, 0.25) is 10.0 Å². The second-order valence-corrected chi connectivity index (χ2v) is 6.87. The van der Waals surface area contributed by atoms with Crippen LogP contribution in [0.5, 0.6) is 0 Å². The number of anilines is 1. The van der Waals surface area contributed by atoms with Crippen LogP contribution in [0.15, 0.2) is 23.1 Å². The normalized spacial score (nSPS) is 19.8. The number of hydrogen-bond donors (Lipinski definition) is 2. The predicted molar refractivity (Wildman–Crippen MR) is 81.3 cm³/mol. The molecule has 5 nitrogen and oxygen atoms in total. The van der Waals surface area contributed by atoms with Crippen molar-refractivity contribution in [1.29, 1.82) is 0 Å². The van der Waals surface area contributed by atoms with E-state index in [-0.39, 0.29) is 10.9 Å². The van der Waals surface area contributed by atoms with E-state index in [1.54, 1.807) is 0 Å². The zero-order valence-corrected chi connectivity index (χ0v) is 13.0. The number of halogens is 1. The molecule has 0 saturated carbocycles. The highest BCUT2D eigenvalue weighted by Gasteiger charge is 2.25. The molecule has 1 aliphatic rings. The van der Waals surface area contributed by atoms with Gasteiger partial charge in [-0.15, -0.1) is 0 Å². The first-order valence-corrected chi connectivity index (χ1v) is 8.78. The Morgan fingerprint density at radius 2 is 2.19 bits per heavy atom. The molecular formula is C14H22FN3O2S. The van der Waals surface area contributed by atoms with E-state index in [0.717, 1.165) is 45.0 Å². The Hall–Kier alpha value is -1.18. The quantitative estimate of drug-likeness (QED) is 0.862. The summed E-state index contributed by atoms with van der Waals surface area (Å²) in [6, 6.07) is 4.11. The van der Waals surface area contributed by atoms with Crippen LogP contribution in [0.2, 0.25) is 0 Å². The minimum absolute atomic E-state index is 0.191. The van der Waals surface area contributed by atoms with E-state index in [2.05, 4.69) is 5.32 Å². The van der Waals surface area contributed by atoms with Gasteiger partial charge in [0, 0.05) is 19.1 Å². The lowest BCUT2D eigenvalue weighted by atomic mass is 10.0. The first-order chi connectivity index (χ1) is 9.93. The molecule has 1 fully saturated rings. The first kappa shape index (κ1) is 16.2. The Bertz CT molecular complexity index is 592. The number of nitrogens with zero attached hydrogens (tertiary/aromatic N) is 1. The fourth-order valence-electron chi connectivity index (χ4n) is 2.74. The van der Waals surface area contributed by atoms with Crippen LogP contribution < -0.4 is 15.4 Å². The summed E-state index contributed by atoms with van der Waals surface area (Å²) in [5, 5.41) is 8.32. The van der Waals surface area contributed by atoms with Crippen LogP contribution in [-0.4, -0.2) is 34.1 Å². The monoisotopic (exact) mass is 315 g/mol. The molecular weight excluding hydrogens is 293 g/mol. The van der Waals surface area contributed by atoms with Gasteiger partial charge in [-0.3, -0.25) is 0 Å². The predicted octanol–water partition coefficient (Wildman–Crippen LogP) is 1.44. The van der Waals surface area contributed by atoms with Crippen LogP contribution in [0.25, 0.3) is 0 Å². The van der Waals surface area contributed by atoms with Crippen LogP contribution in [0.3, 0.4) is 0 Å². The van der Waals surface area contributed by atoms with Crippen LogP contribution in [0.4, 0.5) is 10.1 Å². The van der Waals surface area contributed by atoms with Crippen LogP contribution >= 0.6 is 0 Å². The van der Waals surface area contributed by atoms with Crippen molar-refractivity contribution in [3.05, 3.63) is 24.0 Å². The van der Waals surface area contributed by atoms with Crippen LogP contribution in [0, 0.1) is 5.82 Å². The van der Waals surface area contributed by atoms with Crippen molar-refractivity contribution in [2.75, 3.05) is 24.5 Å². The lowest BCUT2D eigenvalue weighted by molar-refractivity contribution is 0.433. The number of hydrogen-bond acceptors (Lipinski definition) is 4. The Balaban J connectivity index is 2.26. The Morgan fingerprint density at radius 1 is 1.43 bits per heavy atom. The lowest BCUT2D eigenvalue weighted by Crippen LogP contribution is -2.46. The topological polar surface area (TPSA) is 75.4 Å². The summed E-state index contributed by atoms with van der Waals surface area (Å²) >= 11 is 0. The third-order valence-electron chi connectivity index (χ3n) is 3.81. The molecule has 1 aromatic rings. The molecule has 0 bridgehead atoms. The summed E-state index contributed by atoms with van der Waals surface area (Å²) in [6.07, 6.45) is 3.14. The van der Waals surface area contributed by atoms with E-state index in [0.29, 0.717) is 5.69 Å². The van der Waals surface area contributed by atoms with E-state index in [1.165, 1.54) is 12.1 Å². The van der Waals surface area contributed by atoms with Gasteiger partial charge < -0.3 is 10.2 Å². The largest absolute Gasteiger partial charge is 0.365 e. The van der Waals surface area contributed by atoms with Crippen molar-refractivity contribution in [1.82, 2.24) is 5.32 Å². The maximum absolute atomic E-state index is 14.3. The third-order valence-corrected chi connectivity index (χ3v) is 4.73. The van der Waals surface area contributed by atoms with Gasteiger partial charge >= 0.3 is 0 Å². The van der Waals surface area contributed by atoms with E-state index in [9.17, 15) is 12.8 Å². The molecule has 1 atom stereocenters. The number of nitrogens with one attached hydrogen (secondary N) is 1. The molecule has 7 heteroatoms. The number of nitrogens with two attached hydrogens (primary N) is 1. The second-order valence-electron chi connectivity index (χ2n) is 5.31. The number of piperidine rings is 1. The molecule has 0 radical (unpaired) electrons. The van der Waals surface area contributed by atoms with Gasteiger partial charge in [0.15, 0.2) is 0 Å². The molecule has 1 aromatic carbocycles. The van der Waals surface area contributed by atoms with E-state index in [4.69, 9.17) is 5.14 Å². The van der Waals surface area contributed by atoms with Crippen molar-refractivity contribution in [3.8, 4) is 0 Å². The van der Waals surface area contributed by atoms with Gasteiger partial charge in [-0.25, -0.2) is 17.9 Å². The Morgan fingerprint density at radius 3 is 2.81 bits per heavy atom. The highest BCUT2D eigenvalue weighted by molar-refractivity contribution is 7.89. The lowest BCUT2D eigenvalue weighted by Gasteiger charge is -2.38. The highest BCUT2D eigenvalue weighted by atomic mass is 32.2. The fraction of sp³-hybridized carbons (Fsp3) is 0.571. The summed E-state index contributed by atoms with van der Waals surface area (Å²) in [7, 11) is -3.87. The number of rotatable bonds is 5. The van der Waals surface area contributed by atoms with E-state index < -0.39 is 15.8 Å². The summed E-state index contributed by atoms with van der Waals surface area (Å²) < 4.78 is 36.8. The van der Waals surface area contributed by atoms with E-state index in [1.807, 2.05) is 11.8 Å². The van der Waals surface area contributed by atoms with Crippen molar-refractivity contribution in [2.45, 2.75) is 37.1 Å². The zero-order chi connectivity index (χ0) is 15.5. The average Bonchev–Trinajstić information content (AvgIpc) is 2.44. The average molecular weight is 315 g/mol. The Kier molecular flexibility index (Phi) is 5.18. The molecule has 1 heterocycles. The zero-order valence-electron chi connectivity index (χ0n) is 12.2. The van der Waals surface area contributed by atoms with Gasteiger partial charge in [0.25, 0.3) is 0 Å². The summed E-state index contributed by atoms with van der Waals surface area (Å²) in [5.41, 5.74) is 0.449. The molecule has 0 amide bonds. The van der Waals surface area contributed by atoms with Gasteiger partial charge in [0.1, 0.15) is 5.82 Å². The molecule has 2 rings (SSSR count). The molecule has 1 aliphatic heterocycles. The van der Waals surface area contributed by atoms with Crippen molar-refractivity contribution < 1.29 is 12.8 Å². The van der Waals surface area contributed by atoms with Crippen molar-refractivity contribution in [2.24, 2.45) is 5.14 Å². The molecule has 3 N–H and O–H groups in total. The summed E-state index contributed by atoms with van der Waals surface area (Å²) in [4.78, 5) is 1.83. The molecule has 1 saturated heterocycles. The minimum atomic E-state index is -3.87. The maximum Gasteiger partial charge on any atom is 0.238 e. The fourth-order valence-corrected chi connectivity index (χ4v) is 3.26.